The first kappa shape index (κ1) is 16.0. The van der Waals surface area contributed by atoms with Crippen LogP contribution in [0.5, 0.6) is 5.75 Å². The van der Waals surface area contributed by atoms with Crippen molar-refractivity contribution in [2.75, 3.05) is 25.1 Å². The van der Waals surface area contributed by atoms with Crippen LogP contribution in [0.1, 0.15) is 11.6 Å². The Balaban J connectivity index is 1.88. The molecule has 0 spiro atoms. The van der Waals surface area contributed by atoms with E-state index in [0.29, 0.717) is 23.7 Å². The summed E-state index contributed by atoms with van der Waals surface area (Å²) < 4.78 is 20.6. The van der Waals surface area contributed by atoms with Gasteiger partial charge in [-0.3, -0.25) is 4.68 Å². The highest BCUT2D eigenvalue weighted by molar-refractivity contribution is 5.87. The van der Waals surface area contributed by atoms with Gasteiger partial charge in [0.15, 0.2) is 0 Å². The zero-order chi connectivity index (χ0) is 17.1. The summed E-state index contributed by atoms with van der Waals surface area (Å²) >= 11 is 0. The number of nitrogens with zero attached hydrogens (tertiary/aromatic N) is 4. The van der Waals surface area contributed by atoms with Crippen molar-refractivity contribution in [3.8, 4) is 5.75 Å². The maximum absolute atomic E-state index is 13.8. The first-order valence-corrected chi connectivity index (χ1v) is 7.45. The maximum atomic E-state index is 13.8. The highest BCUT2D eigenvalue weighted by atomic mass is 19.1. The summed E-state index contributed by atoms with van der Waals surface area (Å²) in [6.07, 6.45) is 7.01. The van der Waals surface area contributed by atoms with E-state index in [4.69, 9.17) is 16.2 Å². The number of aromatic nitrogens is 2. The Kier molecular flexibility index (Phi) is 4.48. The van der Waals surface area contributed by atoms with Gasteiger partial charge in [0, 0.05) is 31.2 Å². The zero-order valence-corrected chi connectivity index (χ0v) is 13.3. The Morgan fingerprint density at radius 3 is 2.92 bits per heavy atom. The van der Waals surface area contributed by atoms with E-state index in [-0.39, 0.29) is 18.4 Å². The van der Waals surface area contributed by atoms with Gasteiger partial charge in [0.1, 0.15) is 17.4 Å². The molecule has 8 heteroatoms. The van der Waals surface area contributed by atoms with Crippen LogP contribution in [-0.4, -0.2) is 35.8 Å². The number of rotatable bonds is 5. The molecule has 0 radical (unpaired) electrons. The minimum Gasteiger partial charge on any atom is -0.497 e. The molecule has 2 aromatic rings. The number of ether oxygens (including phenoxy) is 1. The largest absolute Gasteiger partial charge is 0.497 e. The zero-order valence-electron chi connectivity index (χ0n) is 13.3. The summed E-state index contributed by atoms with van der Waals surface area (Å²) in [4.78, 5) is 5.93. The lowest BCUT2D eigenvalue weighted by Crippen LogP contribution is -2.32. The Bertz CT molecular complexity index is 785. The van der Waals surface area contributed by atoms with E-state index in [1.165, 1.54) is 19.2 Å². The number of hydrogen-bond acceptors (Lipinski definition) is 6. The maximum Gasteiger partial charge on any atom is 0.127 e. The van der Waals surface area contributed by atoms with E-state index in [0.717, 1.165) is 5.69 Å². The van der Waals surface area contributed by atoms with Crippen molar-refractivity contribution in [3.63, 3.8) is 0 Å². The van der Waals surface area contributed by atoms with E-state index in [9.17, 15) is 4.39 Å². The van der Waals surface area contributed by atoms with Gasteiger partial charge in [-0.05, 0) is 17.7 Å². The van der Waals surface area contributed by atoms with E-state index in [2.05, 4.69) is 10.1 Å². The van der Waals surface area contributed by atoms with Crippen molar-refractivity contribution in [2.24, 2.45) is 16.5 Å². The predicted octanol–water partition coefficient (Wildman–Crippen LogP) is 1.23. The molecule has 24 heavy (non-hydrogen) atoms. The Morgan fingerprint density at radius 1 is 1.38 bits per heavy atom. The van der Waals surface area contributed by atoms with Crippen LogP contribution in [0, 0.1) is 5.82 Å². The standard InChI is InChI=1S/C16H19FN6O/c1-24-14-5-11(4-12(17)6-14)15(7-18)23-9-13(8-21-23)22-3-2-20-16(19)10-22/h2-6,8-9,15H,7,10,18H2,1H3,(H2,19,20). The molecule has 0 amide bonds. The van der Waals surface area contributed by atoms with Crippen molar-refractivity contribution in [3.05, 3.63) is 54.4 Å². The Labute approximate surface area is 139 Å². The number of hydrogen-bond donors (Lipinski definition) is 2. The number of methoxy groups -OCH3 is 1. The fraction of sp³-hybridized carbons (Fsp3) is 0.250. The molecular formula is C16H19FN6O. The first-order valence-electron chi connectivity index (χ1n) is 7.45. The molecule has 3 rings (SSSR count). The molecule has 2 heterocycles. The van der Waals surface area contributed by atoms with Crippen LogP contribution in [0.3, 0.4) is 0 Å². The normalized spacial score (nSPS) is 15.3. The molecule has 4 N–H and O–H groups in total. The summed E-state index contributed by atoms with van der Waals surface area (Å²) in [6, 6.07) is 4.22. The lowest BCUT2D eigenvalue weighted by molar-refractivity contribution is 0.408. The van der Waals surface area contributed by atoms with Crippen LogP contribution in [0.15, 0.2) is 48.0 Å². The van der Waals surface area contributed by atoms with Crippen molar-refractivity contribution in [2.45, 2.75) is 6.04 Å². The van der Waals surface area contributed by atoms with Gasteiger partial charge in [0.25, 0.3) is 0 Å². The van der Waals surface area contributed by atoms with Gasteiger partial charge < -0.3 is 21.1 Å². The van der Waals surface area contributed by atoms with E-state index < -0.39 is 0 Å². The number of halogens is 1. The molecule has 0 aliphatic carbocycles. The van der Waals surface area contributed by atoms with E-state index in [1.54, 1.807) is 23.1 Å². The molecule has 7 nitrogen and oxygen atoms in total. The fourth-order valence-corrected chi connectivity index (χ4v) is 2.59. The minimum absolute atomic E-state index is 0.271. The highest BCUT2D eigenvalue weighted by Gasteiger charge is 2.18. The van der Waals surface area contributed by atoms with E-state index in [1.807, 2.05) is 17.3 Å². The van der Waals surface area contributed by atoms with Gasteiger partial charge in [-0.15, -0.1) is 0 Å². The number of aliphatic imine (C=N–C) groups is 1. The fourth-order valence-electron chi connectivity index (χ4n) is 2.59. The smallest absolute Gasteiger partial charge is 0.127 e. The number of anilines is 1. The van der Waals surface area contributed by atoms with Crippen LogP contribution < -0.4 is 21.1 Å². The first-order chi connectivity index (χ1) is 11.6. The second-order valence-electron chi connectivity index (χ2n) is 5.40. The third-order valence-electron chi connectivity index (χ3n) is 3.80. The summed E-state index contributed by atoms with van der Waals surface area (Å²) in [5, 5.41) is 4.37. The van der Waals surface area contributed by atoms with Crippen LogP contribution in [0.4, 0.5) is 10.1 Å². The molecule has 0 fully saturated rings. The summed E-state index contributed by atoms with van der Waals surface area (Å²) in [5.74, 6) is 0.590. The Morgan fingerprint density at radius 2 is 2.21 bits per heavy atom. The van der Waals surface area contributed by atoms with Gasteiger partial charge in [0.2, 0.25) is 0 Å². The summed E-state index contributed by atoms with van der Waals surface area (Å²) in [7, 11) is 1.50. The molecule has 0 saturated carbocycles. The van der Waals surface area contributed by atoms with Gasteiger partial charge in [0.05, 0.1) is 31.6 Å². The third-order valence-corrected chi connectivity index (χ3v) is 3.80. The van der Waals surface area contributed by atoms with Crippen molar-refractivity contribution >= 4 is 11.5 Å². The average molecular weight is 330 g/mol. The quantitative estimate of drug-likeness (QED) is 0.860. The minimum atomic E-state index is -0.377. The molecule has 1 aromatic heterocycles. The van der Waals surface area contributed by atoms with Gasteiger partial charge in [-0.2, -0.15) is 5.10 Å². The van der Waals surface area contributed by atoms with Crippen LogP contribution >= 0.6 is 0 Å². The SMILES string of the molecule is COc1cc(F)cc(C(CN)n2cc(N3C=CN=C(N)C3)cn2)c1. The second kappa shape index (κ2) is 6.71. The third kappa shape index (κ3) is 3.23. The topological polar surface area (TPSA) is 94.7 Å². The summed E-state index contributed by atoms with van der Waals surface area (Å²) in [5.41, 5.74) is 13.2. The van der Waals surface area contributed by atoms with Crippen molar-refractivity contribution < 1.29 is 9.13 Å². The number of amidine groups is 1. The van der Waals surface area contributed by atoms with Gasteiger partial charge >= 0.3 is 0 Å². The number of benzene rings is 1. The molecule has 1 atom stereocenters. The second-order valence-corrected chi connectivity index (χ2v) is 5.40. The molecule has 0 bridgehead atoms. The average Bonchev–Trinajstić information content (AvgIpc) is 3.05. The Hall–Kier alpha value is -2.87. The monoisotopic (exact) mass is 330 g/mol. The van der Waals surface area contributed by atoms with Crippen molar-refractivity contribution in [1.29, 1.82) is 0 Å². The lowest BCUT2D eigenvalue weighted by Gasteiger charge is -2.20. The number of nitrogens with two attached hydrogens (primary N) is 2. The van der Waals surface area contributed by atoms with Crippen molar-refractivity contribution in [1.82, 2.24) is 9.78 Å². The highest BCUT2D eigenvalue weighted by Crippen LogP contribution is 2.25. The molecule has 1 aliphatic rings. The van der Waals surface area contributed by atoms with Crippen LogP contribution in [0.2, 0.25) is 0 Å². The molecule has 0 saturated heterocycles. The van der Waals surface area contributed by atoms with Gasteiger partial charge in [-0.1, -0.05) is 0 Å². The predicted molar refractivity (Wildman–Crippen MR) is 90.5 cm³/mol. The van der Waals surface area contributed by atoms with Crippen LogP contribution in [0.25, 0.3) is 0 Å². The molecule has 126 valence electrons. The molecule has 1 aromatic carbocycles. The summed E-state index contributed by atoms with van der Waals surface area (Å²) in [6.45, 7) is 0.760. The lowest BCUT2D eigenvalue weighted by atomic mass is 10.1. The van der Waals surface area contributed by atoms with Gasteiger partial charge in [-0.25, -0.2) is 9.38 Å². The molecular weight excluding hydrogens is 311 g/mol. The van der Waals surface area contributed by atoms with E-state index >= 15 is 0 Å². The van der Waals surface area contributed by atoms with Crippen LogP contribution in [-0.2, 0) is 0 Å². The molecule has 1 aliphatic heterocycles. The molecule has 1 unspecified atom stereocenters.